The highest BCUT2D eigenvalue weighted by molar-refractivity contribution is 7.99. The van der Waals surface area contributed by atoms with Gasteiger partial charge >= 0.3 is 0 Å². The minimum atomic E-state index is 0.645. The Morgan fingerprint density at radius 3 is 2.80 bits per heavy atom. The Hall–Kier alpha value is -1.24. The van der Waals surface area contributed by atoms with E-state index in [0.717, 1.165) is 64.2 Å². The zero-order valence-electron chi connectivity index (χ0n) is 15.2. The molecule has 25 heavy (non-hydrogen) atoms. The summed E-state index contributed by atoms with van der Waals surface area (Å²) in [6.07, 6.45) is 1.23. The summed E-state index contributed by atoms with van der Waals surface area (Å²) in [6, 6.07) is 11.2. The van der Waals surface area contributed by atoms with E-state index >= 15 is 0 Å². The lowest BCUT2D eigenvalue weighted by Crippen LogP contribution is -2.46. The molecule has 0 aliphatic carbocycles. The number of hydrogen-bond acceptors (Lipinski definition) is 4. The van der Waals surface area contributed by atoms with Crippen LogP contribution in [0, 0.1) is 0 Å². The van der Waals surface area contributed by atoms with Crippen LogP contribution in [0.15, 0.2) is 40.2 Å². The molecule has 1 aromatic rings. The van der Waals surface area contributed by atoms with Gasteiger partial charge in [0.2, 0.25) is 0 Å². The smallest absolute Gasteiger partial charge is 0.193 e. The molecule has 1 atom stereocenters. The summed E-state index contributed by atoms with van der Waals surface area (Å²) < 4.78 is 5.48. The topological polar surface area (TPSA) is 40.1 Å². The third kappa shape index (κ3) is 5.62. The van der Waals surface area contributed by atoms with Crippen molar-refractivity contribution in [1.29, 1.82) is 0 Å². The van der Waals surface area contributed by atoms with Crippen LogP contribution in [0.25, 0.3) is 0 Å². The average Bonchev–Trinajstić information content (AvgIpc) is 3.16. The molecule has 3 rings (SSSR count). The first-order chi connectivity index (χ1) is 12.4. The normalized spacial score (nSPS) is 22.4. The second kappa shape index (κ2) is 10.0. The molecule has 2 aliphatic heterocycles. The number of nitrogens with one attached hydrogen (secondary N) is 1. The van der Waals surface area contributed by atoms with Gasteiger partial charge in [-0.25, -0.2) is 0 Å². The molecule has 1 unspecified atom stereocenters. The first-order valence-electron chi connectivity index (χ1n) is 9.39. The van der Waals surface area contributed by atoms with E-state index in [1.807, 2.05) is 11.8 Å². The predicted octanol–water partition coefficient (Wildman–Crippen LogP) is 2.15. The molecule has 2 heterocycles. The molecule has 2 saturated heterocycles. The Morgan fingerprint density at radius 1 is 1.24 bits per heavy atom. The number of likely N-dealkylation sites (tertiary alicyclic amines) is 1. The molecule has 0 radical (unpaired) electrons. The van der Waals surface area contributed by atoms with E-state index in [-0.39, 0.29) is 0 Å². The lowest BCUT2D eigenvalue weighted by Gasteiger charge is -2.32. The maximum absolute atomic E-state index is 5.48. The maximum atomic E-state index is 5.48. The van der Waals surface area contributed by atoms with Crippen LogP contribution in [0.4, 0.5) is 0 Å². The Labute approximate surface area is 155 Å². The van der Waals surface area contributed by atoms with Gasteiger partial charge in [-0.2, -0.15) is 0 Å². The molecule has 2 fully saturated rings. The van der Waals surface area contributed by atoms with Crippen molar-refractivity contribution in [2.24, 2.45) is 4.99 Å². The summed E-state index contributed by atoms with van der Waals surface area (Å²) in [6.45, 7) is 9.98. The number of hydrogen-bond donors (Lipinski definition) is 1. The molecular weight excluding hydrogens is 332 g/mol. The zero-order chi connectivity index (χ0) is 17.3. The number of thioether (sulfide) groups is 1. The lowest BCUT2D eigenvalue weighted by atomic mass is 10.2. The van der Waals surface area contributed by atoms with Crippen molar-refractivity contribution >= 4 is 17.7 Å². The second-order valence-corrected chi connectivity index (χ2v) is 7.60. The van der Waals surface area contributed by atoms with Gasteiger partial charge in [-0.15, -0.1) is 11.8 Å². The number of ether oxygens (including phenoxy) is 1. The highest BCUT2D eigenvalue weighted by Crippen LogP contribution is 2.18. The summed E-state index contributed by atoms with van der Waals surface area (Å²) >= 11 is 1.87. The molecule has 1 aromatic carbocycles. The van der Waals surface area contributed by atoms with E-state index in [9.17, 15) is 0 Å². The minimum absolute atomic E-state index is 0.645. The van der Waals surface area contributed by atoms with E-state index < -0.39 is 0 Å². The van der Waals surface area contributed by atoms with Crippen molar-refractivity contribution in [3.8, 4) is 0 Å². The van der Waals surface area contributed by atoms with E-state index in [1.165, 1.54) is 11.3 Å². The Kier molecular flexibility index (Phi) is 7.45. The molecule has 0 aromatic heterocycles. The van der Waals surface area contributed by atoms with Gasteiger partial charge in [0.05, 0.1) is 19.8 Å². The standard InChI is InChI=1S/C19H30N4OS/c1-2-20-19(21-9-15-25-18-6-4-3-5-7-18)23-10-8-17(16-23)22-11-13-24-14-12-22/h3-7,17H,2,8-16H2,1H3,(H,20,21). The average molecular weight is 363 g/mol. The molecule has 0 amide bonds. The first kappa shape index (κ1) is 18.5. The van der Waals surface area contributed by atoms with Gasteiger partial charge in [0.15, 0.2) is 5.96 Å². The highest BCUT2D eigenvalue weighted by Gasteiger charge is 2.30. The summed E-state index contributed by atoms with van der Waals surface area (Å²) in [4.78, 5) is 11.2. The zero-order valence-corrected chi connectivity index (χ0v) is 16.0. The Bertz CT molecular complexity index is 533. The number of guanidine groups is 1. The molecule has 0 bridgehead atoms. The van der Waals surface area contributed by atoms with Crippen LogP contribution < -0.4 is 5.32 Å². The van der Waals surface area contributed by atoms with Crippen LogP contribution in [-0.2, 0) is 4.74 Å². The van der Waals surface area contributed by atoms with Crippen LogP contribution in [-0.4, -0.2) is 80.0 Å². The fourth-order valence-electron chi connectivity index (χ4n) is 3.43. The van der Waals surface area contributed by atoms with Gasteiger partial charge in [-0.05, 0) is 25.5 Å². The number of benzene rings is 1. The first-order valence-corrected chi connectivity index (χ1v) is 10.4. The maximum Gasteiger partial charge on any atom is 0.193 e. The summed E-state index contributed by atoms with van der Waals surface area (Å²) in [5.41, 5.74) is 0. The summed E-state index contributed by atoms with van der Waals surface area (Å²) in [5.74, 6) is 2.09. The minimum Gasteiger partial charge on any atom is -0.379 e. The van der Waals surface area contributed by atoms with Crippen LogP contribution in [0.2, 0.25) is 0 Å². The van der Waals surface area contributed by atoms with Gasteiger partial charge in [0.1, 0.15) is 0 Å². The van der Waals surface area contributed by atoms with Crippen molar-refractivity contribution in [1.82, 2.24) is 15.1 Å². The highest BCUT2D eigenvalue weighted by atomic mass is 32.2. The number of rotatable bonds is 6. The van der Waals surface area contributed by atoms with Crippen LogP contribution in [0.1, 0.15) is 13.3 Å². The number of morpholine rings is 1. The molecule has 0 saturated carbocycles. The van der Waals surface area contributed by atoms with E-state index in [4.69, 9.17) is 9.73 Å². The quantitative estimate of drug-likeness (QED) is 0.363. The van der Waals surface area contributed by atoms with E-state index in [1.54, 1.807) is 0 Å². The summed E-state index contributed by atoms with van der Waals surface area (Å²) in [5, 5.41) is 3.47. The number of nitrogens with zero attached hydrogens (tertiary/aromatic N) is 3. The third-order valence-corrected chi connectivity index (χ3v) is 5.72. The van der Waals surface area contributed by atoms with Crippen molar-refractivity contribution in [2.45, 2.75) is 24.3 Å². The molecule has 0 spiro atoms. The third-order valence-electron chi connectivity index (χ3n) is 4.72. The Balaban J connectivity index is 1.48. The van der Waals surface area contributed by atoms with E-state index in [2.05, 4.69) is 52.4 Å². The van der Waals surface area contributed by atoms with Gasteiger partial charge in [0.25, 0.3) is 0 Å². The second-order valence-electron chi connectivity index (χ2n) is 6.43. The van der Waals surface area contributed by atoms with Crippen molar-refractivity contribution in [3.63, 3.8) is 0 Å². The van der Waals surface area contributed by atoms with Gasteiger partial charge < -0.3 is 15.0 Å². The monoisotopic (exact) mass is 362 g/mol. The molecule has 2 aliphatic rings. The Morgan fingerprint density at radius 2 is 2.04 bits per heavy atom. The summed E-state index contributed by atoms with van der Waals surface area (Å²) in [7, 11) is 0. The van der Waals surface area contributed by atoms with Crippen molar-refractivity contribution < 1.29 is 4.74 Å². The van der Waals surface area contributed by atoms with Crippen LogP contribution in [0.3, 0.4) is 0 Å². The van der Waals surface area contributed by atoms with Gasteiger partial charge in [-0.1, -0.05) is 18.2 Å². The lowest BCUT2D eigenvalue weighted by molar-refractivity contribution is 0.0195. The largest absolute Gasteiger partial charge is 0.379 e. The van der Waals surface area contributed by atoms with Crippen LogP contribution >= 0.6 is 11.8 Å². The van der Waals surface area contributed by atoms with E-state index in [0.29, 0.717) is 6.04 Å². The van der Waals surface area contributed by atoms with Gasteiger partial charge in [-0.3, -0.25) is 9.89 Å². The molecular formula is C19H30N4OS. The molecule has 6 heteroatoms. The fourth-order valence-corrected chi connectivity index (χ4v) is 4.20. The van der Waals surface area contributed by atoms with Crippen molar-refractivity contribution in [2.75, 3.05) is 58.2 Å². The SMILES string of the molecule is CCNC(=NCCSc1ccccc1)N1CCC(N2CCOCC2)C1. The van der Waals surface area contributed by atoms with Crippen LogP contribution in [0.5, 0.6) is 0 Å². The van der Waals surface area contributed by atoms with Gasteiger partial charge in [0, 0.05) is 49.4 Å². The molecule has 5 nitrogen and oxygen atoms in total. The number of aliphatic imine (C=N–C) groups is 1. The fraction of sp³-hybridized carbons (Fsp3) is 0.632. The predicted molar refractivity (Wildman–Crippen MR) is 106 cm³/mol. The molecule has 138 valence electrons. The van der Waals surface area contributed by atoms with Crippen molar-refractivity contribution in [3.05, 3.63) is 30.3 Å². The molecule has 1 N–H and O–H groups in total.